The highest BCUT2D eigenvalue weighted by molar-refractivity contribution is 7.94. The Morgan fingerprint density at radius 3 is 2.26 bits per heavy atom. The van der Waals surface area contributed by atoms with Gasteiger partial charge in [-0.1, -0.05) is 31.2 Å². The van der Waals surface area contributed by atoms with Crippen LogP contribution in [-0.2, 0) is 14.2 Å². The predicted octanol–water partition coefficient (Wildman–Crippen LogP) is 6.30. The Morgan fingerprint density at radius 2 is 1.55 bits per heavy atom. The Labute approximate surface area is 234 Å². The summed E-state index contributed by atoms with van der Waals surface area (Å²) in [6, 6.07) is 15.8. The Balaban J connectivity index is 1.14. The molecule has 0 unspecified atom stereocenters. The largest absolute Gasteiger partial charge is 0.325 e. The van der Waals surface area contributed by atoms with Gasteiger partial charge in [-0.05, 0) is 132 Å². The molecule has 2 aromatic carbocycles. The van der Waals surface area contributed by atoms with Gasteiger partial charge in [-0.2, -0.15) is 0 Å². The molecule has 0 N–H and O–H groups in total. The van der Waals surface area contributed by atoms with Crippen LogP contribution in [0.3, 0.4) is 0 Å². The number of hydrogen-bond acceptors (Lipinski definition) is 7. The van der Waals surface area contributed by atoms with Crippen LogP contribution in [0.4, 0.5) is 0 Å². The minimum Gasteiger partial charge on any atom is -0.325 e. The summed E-state index contributed by atoms with van der Waals surface area (Å²) in [5, 5.41) is 0. The van der Waals surface area contributed by atoms with Crippen molar-refractivity contribution in [1.29, 1.82) is 0 Å². The second-order valence-corrected chi connectivity index (χ2v) is 13.7. The lowest BCUT2D eigenvalue weighted by Gasteiger charge is -2.31. The summed E-state index contributed by atoms with van der Waals surface area (Å²) < 4.78 is 31.2. The third-order valence-electron chi connectivity index (χ3n) is 7.93. The number of benzene rings is 2. The molecule has 210 valence electrons. The van der Waals surface area contributed by atoms with Gasteiger partial charge in [0.05, 0.1) is 10.6 Å². The highest BCUT2D eigenvalue weighted by atomic mass is 32.2. The first-order valence-corrected chi connectivity index (χ1v) is 16.8. The van der Waals surface area contributed by atoms with E-state index >= 15 is 0 Å². The van der Waals surface area contributed by atoms with Gasteiger partial charge in [-0.3, -0.25) is 0 Å². The summed E-state index contributed by atoms with van der Waals surface area (Å²) in [4.78, 5) is 10.9. The molecule has 2 fully saturated rings. The highest BCUT2D eigenvalue weighted by Crippen LogP contribution is 2.31. The van der Waals surface area contributed by atoms with E-state index in [2.05, 4.69) is 42.0 Å². The maximum Gasteiger partial charge on any atom is 0.178 e. The SMILES string of the molecule is CCCN1CCC(c2cccc(OOSCCCCS(=O)(=O)c3cccc(C4CCN(C)CC4)c3)c2)CC1. The maximum absolute atomic E-state index is 12.9. The van der Waals surface area contributed by atoms with E-state index in [0.717, 1.165) is 56.8 Å². The summed E-state index contributed by atoms with van der Waals surface area (Å²) >= 11 is 1.24. The normalized spacial score (nSPS) is 18.6. The zero-order valence-electron chi connectivity index (χ0n) is 23.0. The molecule has 0 saturated carbocycles. The minimum atomic E-state index is -3.29. The summed E-state index contributed by atoms with van der Waals surface area (Å²) in [6.45, 7) is 7.89. The number of rotatable bonds is 13. The van der Waals surface area contributed by atoms with Crippen LogP contribution >= 0.6 is 12.0 Å². The standard InChI is InChI=1S/C30H44N2O4S2/c1-3-16-32-19-14-26(15-20-32)27-8-6-10-29(23-27)35-36-37-21-4-5-22-38(33,34)30-11-7-9-28(24-30)25-12-17-31(2)18-13-25/h6-11,23-26H,3-5,12-22H2,1-2H3. The molecule has 2 aliphatic rings. The third-order valence-corrected chi connectivity index (χ3v) is 10.4. The highest BCUT2D eigenvalue weighted by Gasteiger charge is 2.22. The number of unbranched alkanes of at least 4 members (excludes halogenated alkanes) is 1. The Hall–Kier alpha value is -1.58. The van der Waals surface area contributed by atoms with Crippen molar-refractivity contribution in [2.75, 3.05) is 51.3 Å². The van der Waals surface area contributed by atoms with E-state index in [4.69, 9.17) is 9.22 Å². The van der Waals surface area contributed by atoms with Crippen LogP contribution in [0.1, 0.15) is 74.8 Å². The summed E-state index contributed by atoms with van der Waals surface area (Å²) in [5.41, 5.74) is 2.48. The van der Waals surface area contributed by atoms with Crippen LogP contribution in [-0.4, -0.2) is 69.5 Å². The monoisotopic (exact) mass is 560 g/mol. The van der Waals surface area contributed by atoms with Gasteiger partial charge < -0.3 is 14.7 Å². The minimum absolute atomic E-state index is 0.157. The molecular weight excluding hydrogens is 516 g/mol. The molecule has 6 nitrogen and oxygen atoms in total. The van der Waals surface area contributed by atoms with Crippen molar-refractivity contribution in [3.8, 4) is 5.75 Å². The first-order chi connectivity index (χ1) is 18.4. The van der Waals surface area contributed by atoms with E-state index in [0.29, 0.717) is 28.9 Å². The van der Waals surface area contributed by atoms with Gasteiger partial charge in [0.2, 0.25) is 0 Å². The second-order valence-electron chi connectivity index (χ2n) is 10.8. The van der Waals surface area contributed by atoms with Gasteiger partial charge >= 0.3 is 0 Å². The Kier molecular flexibility index (Phi) is 11.4. The first kappa shape index (κ1) is 29.4. The topological polar surface area (TPSA) is 59.1 Å². The molecule has 0 amide bonds. The lowest BCUT2D eigenvalue weighted by molar-refractivity contribution is -0.0777. The molecule has 8 heteroatoms. The molecule has 2 aliphatic heterocycles. The molecule has 0 spiro atoms. The quantitative estimate of drug-likeness (QED) is 0.123. The van der Waals surface area contributed by atoms with Gasteiger partial charge in [-0.15, -0.1) is 4.33 Å². The average Bonchev–Trinajstić information content (AvgIpc) is 2.94. The molecule has 4 rings (SSSR count). The van der Waals surface area contributed by atoms with Crippen LogP contribution in [0.25, 0.3) is 0 Å². The van der Waals surface area contributed by atoms with Gasteiger partial charge in [0.1, 0.15) is 0 Å². The van der Waals surface area contributed by atoms with E-state index in [-0.39, 0.29) is 5.75 Å². The van der Waals surface area contributed by atoms with Crippen LogP contribution in [0.5, 0.6) is 5.75 Å². The van der Waals surface area contributed by atoms with Gasteiger partial charge in [-0.25, -0.2) is 8.42 Å². The van der Waals surface area contributed by atoms with E-state index < -0.39 is 9.84 Å². The van der Waals surface area contributed by atoms with Crippen molar-refractivity contribution in [2.24, 2.45) is 0 Å². The fourth-order valence-corrected chi connectivity index (χ4v) is 7.54. The van der Waals surface area contributed by atoms with Crippen LogP contribution < -0.4 is 4.89 Å². The Morgan fingerprint density at radius 1 is 0.895 bits per heavy atom. The van der Waals surface area contributed by atoms with Crippen LogP contribution in [0.15, 0.2) is 53.4 Å². The van der Waals surface area contributed by atoms with Crippen molar-refractivity contribution >= 4 is 21.9 Å². The third kappa shape index (κ3) is 8.71. The van der Waals surface area contributed by atoms with Crippen molar-refractivity contribution in [2.45, 2.75) is 68.6 Å². The lowest BCUT2D eigenvalue weighted by atomic mass is 9.89. The molecule has 0 bridgehead atoms. The summed E-state index contributed by atoms with van der Waals surface area (Å²) in [5.74, 6) is 2.59. The molecule has 38 heavy (non-hydrogen) atoms. The van der Waals surface area contributed by atoms with Gasteiger partial charge in [0.25, 0.3) is 0 Å². The maximum atomic E-state index is 12.9. The number of piperidine rings is 2. The van der Waals surface area contributed by atoms with Crippen LogP contribution in [0, 0.1) is 0 Å². The molecule has 2 aromatic rings. The smallest absolute Gasteiger partial charge is 0.178 e. The Bertz CT molecular complexity index is 1090. The first-order valence-electron chi connectivity index (χ1n) is 14.2. The van der Waals surface area contributed by atoms with Crippen molar-refractivity contribution in [1.82, 2.24) is 9.80 Å². The molecule has 0 aliphatic carbocycles. The zero-order chi connectivity index (χ0) is 26.8. The molecule has 0 radical (unpaired) electrons. The number of sulfone groups is 1. The predicted molar refractivity (Wildman–Crippen MR) is 157 cm³/mol. The molecule has 2 saturated heterocycles. The van der Waals surface area contributed by atoms with E-state index in [1.54, 1.807) is 6.07 Å². The van der Waals surface area contributed by atoms with Crippen LogP contribution in [0.2, 0.25) is 0 Å². The molecule has 0 aromatic heterocycles. The van der Waals surface area contributed by atoms with E-state index in [1.165, 1.54) is 43.4 Å². The second kappa shape index (κ2) is 14.7. The van der Waals surface area contributed by atoms with Crippen molar-refractivity contribution in [3.63, 3.8) is 0 Å². The fourth-order valence-electron chi connectivity index (χ4n) is 5.60. The zero-order valence-corrected chi connectivity index (χ0v) is 24.6. The summed E-state index contributed by atoms with van der Waals surface area (Å²) in [6.07, 6.45) is 7.10. The van der Waals surface area contributed by atoms with Gasteiger partial charge in [0, 0.05) is 17.8 Å². The fraction of sp³-hybridized carbons (Fsp3) is 0.600. The lowest BCUT2D eigenvalue weighted by Crippen LogP contribution is -2.33. The van der Waals surface area contributed by atoms with Gasteiger partial charge in [0.15, 0.2) is 15.6 Å². The number of nitrogens with zero attached hydrogens (tertiary/aromatic N) is 2. The van der Waals surface area contributed by atoms with Crippen molar-refractivity contribution < 1.29 is 17.6 Å². The summed E-state index contributed by atoms with van der Waals surface area (Å²) in [7, 11) is -1.14. The number of hydrogen-bond donors (Lipinski definition) is 0. The molecular formula is C30H44N2O4S2. The number of likely N-dealkylation sites (tertiary alicyclic amines) is 2. The van der Waals surface area contributed by atoms with E-state index in [9.17, 15) is 8.42 Å². The average molecular weight is 561 g/mol. The van der Waals surface area contributed by atoms with Crippen molar-refractivity contribution in [3.05, 3.63) is 59.7 Å². The molecule has 2 heterocycles. The van der Waals surface area contributed by atoms with E-state index in [1.807, 2.05) is 24.3 Å². The molecule has 0 atom stereocenters.